The molecule has 0 saturated carbocycles. The third-order valence-corrected chi connectivity index (χ3v) is 2.24. The van der Waals surface area contributed by atoms with Crippen molar-refractivity contribution in [2.75, 3.05) is 0 Å². The molecule has 106 valence electrons. The van der Waals surface area contributed by atoms with Crippen molar-refractivity contribution in [3.05, 3.63) is 47.9 Å². The molecule has 0 aliphatic heterocycles. The zero-order valence-corrected chi connectivity index (χ0v) is 10.0. The second-order valence-corrected chi connectivity index (χ2v) is 3.71. The maximum absolute atomic E-state index is 12.2. The number of furan rings is 1. The second kappa shape index (κ2) is 5.68. The van der Waals surface area contributed by atoms with Gasteiger partial charge in [-0.3, -0.25) is 4.79 Å². The molecular weight excluding hydrogens is 277 g/mol. The van der Waals surface area contributed by atoms with Gasteiger partial charge in [0.15, 0.2) is 23.5 Å². The minimum Gasteiger partial charge on any atom is -0.482 e. The molecule has 0 bridgehead atoms. The molecule has 20 heavy (non-hydrogen) atoms. The largest absolute Gasteiger partial charge is 0.573 e. The summed E-state index contributed by atoms with van der Waals surface area (Å²) in [6.07, 6.45) is -4.28. The van der Waals surface area contributed by atoms with Gasteiger partial charge in [0.1, 0.15) is 12.4 Å². The van der Waals surface area contributed by atoms with Crippen molar-refractivity contribution in [2.24, 2.45) is 0 Å². The van der Waals surface area contributed by atoms with Crippen LogP contribution in [0, 0.1) is 0 Å². The summed E-state index contributed by atoms with van der Waals surface area (Å²) in [5, 5.41) is 0. The van der Waals surface area contributed by atoms with Crippen LogP contribution < -0.4 is 9.47 Å². The Bertz CT molecular complexity index is 589. The van der Waals surface area contributed by atoms with Crippen LogP contribution in [0.5, 0.6) is 11.5 Å². The lowest BCUT2D eigenvalue weighted by Gasteiger charge is -2.13. The Balaban J connectivity index is 2.07. The molecule has 0 radical (unpaired) electrons. The minimum absolute atomic E-state index is 0.0751. The molecule has 7 heteroatoms. The number of halogens is 3. The van der Waals surface area contributed by atoms with Gasteiger partial charge in [-0.25, -0.2) is 0 Å². The first kappa shape index (κ1) is 14.0. The number of benzene rings is 1. The summed E-state index contributed by atoms with van der Waals surface area (Å²) in [5.74, 6) is -0.0895. The lowest BCUT2D eigenvalue weighted by atomic mass is 10.3. The van der Waals surface area contributed by atoms with Crippen molar-refractivity contribution < 1.29 is 31.9 Å². The zero-order valence-electron chi connectivity index (χ0n) is 10.0. The Morgan fingerprint density at radius 1 is 1.10 bits per heavy atom. The van der Waals surface area contributed by atoms with Crippen LogP contribution in [0.4, 0.5) is 13.2 Å². The standard InChI is InChI=1S/C13H9F3O4/c14-13(15,16)20-12-4-2-1-3-11(12)18-8-10-6-5-9(7-17)19-10/h1-7H,8H2. The van der Waals surface area contributed by atoms with E-state index in [0.29, 0.717) is 12.0 Å². The van der Waals surface area contributed by atoms with Crippen molar-refractivity contribution in [3.8, 4) is 11.5 Å². The number of aldehydes is 1. The Labute approximate surface area is 111 Å². The van der Waals surface area contributed by atoms with Gasteiger partial charge in [0.2, 0.25) is 0 Å². The Kier molecular flexibility index (Phi) is 3.97. The summed E-state index contributed by atoms with van der Waals surface area (Å²) in [7, 11) is 0. The number of rotatable bonds is 5. The summed E-state index contributed by atoms with van der Waals surface area (Å²) in [6.45, 7) is -0.119. The molecule has 0 atom stereocenters. The molecule has 0 unspecified atom stereocenters. The fourth-order valence-electron chi connectivity index (χ4n) is 1.46. The van der Waals surface area contributed by atoms with Crippen LogP contribution >= 0.6 is 0 Å². The number of carbonyl (C=O) groups excluding carboxylic acids is 1. The first-order valence-electron chi connectivity index (χ1n) is 5.49. The summed E-state index contributed by atoms with van der Waals surface area (Å²) < 4.78 is 50.7. The van der Waals surface area contributed by atoms with Gasteiger partial charge >= 0.3 is 6.36 Å². The molecule has 4 nitrogen and oxygen atoms in total. The van der Waals surface area contributed by atoms with Crippen LogP contribution in [0.25, 0.3) is 0 Å². The predicted octanol–water partition coefficient (Wildman–Crippen LogP) is 3.57. The van der Waals surface area contributed by atoms with E-state index in [0.717, 1.165) is 6.07 Å². The van der Waals surface area contributed by atoms with Gasteiger partial charge in [-0.05, 0) is 24.3 Å². The van der Waals surface area contributed by atoms with E-state index in [-0.39, 0.29) is 18.1 Å². The molecule has 1 heterocycles. The quantitative estimate of drug-likeness (QED) is 0.788. The highest BCUT2D eigenvalue weighted by Gasteiger charge is 2.32. The van der Waals surface area contributed by atoms with E-state index in [1.165, 1.54) is 30.3 Å². The summed E-state index contributed by atoms with van der Waals surface area (Å²) in [6, 6.07) is 8.32. The molecule has 0 amide bonds. The normalized spacial score (nSPS) is 11.2. The maximum atomic E-state index is 12.2. The zero-order chi connectivity index (χ0) is 14.6. The monoisotopic (exact) mass is 286 g/mol. The van der Waals surface area contributed by atoms with Gasteiger partial charge in [-0.2, -0.15) is 0 Å². The third kappa shape index (κ3) is 3.78. The summed E-state index contributed by atoms with van der Waals surface area (Å²) >= 11 is 0. The fraction of sp³-hybridized carbons (Fsp3) is 0.154. The average Bonchev–Trinajstić information content (AvgIpc) is 2.84. The highest BCUT2D eigenvalue weighted by Crippen LogP contribution is 2.32. The molecule has 2 rings (SSSR count). The fourth-order valence-corrected chi connectivity index (χ4v) is 1.46. The van der Waals surface area contributed by atoms with E-state index < -0.39 is 12.1 Å². The van der Waals surface area contributed by atoms with Crippen LogP contribution in [0.2, 0.25) is 0 Å². The van der Waals surface area contributed by atoms with Gasteiger partial charge in [0, 0.05) is 0 Å². The molecule has 1 aromatic heterocycles. The third-order valence-electron chi connectivity index (χ3n) is 2.24. The molecule has 0 fully saturated rings. The minimum atomic E-state index is -4.80. The van der Waals surface area contributed by atoms with E-state index in [4.69, 9.17) is 9.15 Å². The van der Waals surface area contributed by atoms with E-state index in [9.17, 15) is 18.0 Å². The average molecular weight is 286 g/mol. The lowest BCUT2D eigenvalue weighted by molar-refractivity contribution is -0.275. The number of carbonyl (C=O) groups is 1. The van der Waals surface area contributed by atoms with E-state index >= 15 is 0 Å². The number of para-hydroxylation sites is 2. The lowest BCUT2D eigenvalue weighted by Crippen LogP contribution is -2.17. The van der Waals surface area contributed by atoms with E-state index in [2.05, 4.69) is 4.74 Å². The highest BCUT2D eigenvalue weighted by atomic mass is 19.4. The van der Waals surface area contributed by atoms with Crippen molar-refractivity contribution in [2.45, 2.75) is 13.0 Å². The SMILES string of the molecule is O=Cc1ccc(COc2ccccc2OC(F)(F)F)o1. The van der Waals surface area contributed by atoms with Crippen LogP contribution in [0.1, 0.15) is 16.3 Å². The smallest absolute Gasteiger partial charge is 0.482 e. The second-order valence-electron chi connectivity index (χ2n) is 3.71. The van der Waals surface area contributed by atoms with Crippen molar-refractivity contribution in [1.29, 1.82) is 0 Å². The van der Waals surface area contributed by atoms with Crippen molar-refractivity contribution >= 4 is 6.29 Å². The molecule has 0 saturated heterocycles. The maximum Gasteiger partial charge on any atom is 0.573 e. The molecule has 0 N–H and O–H groups in total. The number of alkyl halides is 3. The van der Waals surface area contributed by atoms with Crippen molar-refractivity contribution in [3.63, 3.8) is 0 Å². The molecular formula is C13H9F3O4. The van der Waals surface area contributed by atoms with Gasteiger partial charge in [-0.15, -0.1) is 13.2 Å². The Morgan fingerprint density at radius 2 is 1.80 bits per heavy atom. The van der Waals surface area contributed by atoms with E-state index in [1.807, 2.05) is 0 Å². The summed E-state index contributed by atoms with van der Waals surface area (Å²) in [4.78, 5) is 10.4. The molecule has 0 spiro atoms. The first-order chi connectivity index (χ1) is 9.48. The van der Waals surface area contributed by atoms with Gasteiger partial charge < -0.3 is 13.9 Å². The van der Waals surface area contributed by atoms with Gasteiger partial charge in [0.05, 0.1) is 0 Å². The van der Waals surface area contributed by atoms with Gasteiger partial charge in [0.25, 0.3) is 0 Å². The molecule has 0 aliphatic rings. The van der Waals surface area contributed by atoms with Crippen LogP contribution in [0.15, 0.2) is 40.8 Å². The van der Waals surface area contributed by atoms with Crippen LogP contribution in [-0.2, 0) is 6.61 Å². The van der Waals surface area contributed by atoms with Gasteiger partial charge in [-0.1, -0.05) is 12.1 Å². The molecule has 0 aliphatic carbocycles. The molecule has 1 aromatic carbocycles. The number of ether oxygens (including phenoxy) is 2. The van der Waals surface area contributed by atoms with Crippen LogP contribution in [-0.4, -0.2) is 12.6 Å². The molecule has 2 aromatic rings. The number of hydrogen-bond acceptors (Lipinski definition) is 4. The Morgan fingerprint density at radius 3 is 2.40 bits per heavy atom. The topological polar surface area (TPSA) is 48.7 Å². The number of hydrogen-bond donors (Lipinski definition) is 0. The predicted molar refractivity (Wildman–Crippen MR) is 61.6 cm³/mol. The first-order valence-corrected chi connectivity index (χ1v) is 5.49. The highest BCUT2D eigenvalue weighted by molar-refractivity contribution is 5.70. The Hall–Kier alpha value is -2.44. The summed E-state index contributed by atoms with van der Waals surface area (Å²) in [5.41, 5.74) is 0. The van der Waals surface area contributed by atoms with Crippen LogP contribution in [0.3, 0.4) is 0 Å². The van der Waals surface area contributed by atoms with E-state index in [1.54, 1.807) is 0 Å². The van der Waals surface area contributed by atoms with Crippen molar-refractivity contribution in [1.82, 2.24) is 0 Å².